The lowest BCUT2D eigenvalue weighted by Crippen LogP contribution is -2.23. The number of anilines is 1. The molecular formula is C21H16ClN5O2S. The minimum absolute atomic E-state index is 0.0426. The highest BCUT2D eigenvalue weighted by Crippen LogP contribution is 2.21. The molecule has 0 saturated heterocycles. The van der Waals surface area contributed by atoms with Crippen molar-refractivity contribution >= 4 is 46.0 Å². The SMILES string of the molecule is Cc1ccc(-n2c(SCC(=O)Nc3ccc(Cl)cn3)nc3ccccc3c2=O)nc1. The lowest BCUT2D eigenvalue weighted by molar-refractivity contribution is -0.113. The number of nitrogens with zero attached hydrogens (tertiary/aromatic N) is 4. The largest absolute Gasteiger partial charge is 0.310 e. The quantitative estimate of drug-likeness (QED) is 0.376. The summed E-state index contributed by atoms with van der Waals surface area (Å²) in [4.78, 5) is 38.5. The minimum atomic E-state index is -0.277. The molecule has 4 rings (SSSR count). The van der Waals surface area contributed by atoms with Crippen molar-refractivity contribution in [1.29, 1.82) is 0 Å². The third-order valence-electron chi connectivity index (χ3n) is 4.20. The van der Waals surface area contributed by atoms with Gasteiger partial charge in [0.15, 0.2) is 5.16 Å². The highest BCUT2D eigenvalue weighted by Gasteiger charge is 2.15. The summed E-state index contributed by atoms with van der Waals surface area (Å²) in [5, 5.41) is 4.05. The van der Waals surface area contributed by atoms with E-state index in [-0.39, 0.29) is 17.2 Å². The normalized spacial score (nSPS) is 10.9. The molecule has 1 amide bonds. The zero-order valence-electron chi connectivity index (χ0n) is 15.9. The van der Waals surface area contributed by atoms with Gasteiger partial charge in [-0.3, -0.25) is 9.59 Å². The Labute approximate surface area is 181 Å². The second kappa shape index (κ2) is 8.64. The van der Waals surface area contributed by atoms with Gasteiger partial charge < -0.3 is 5.32 Å². The van der Waals surface area contributed by atoms with Crippen molar-refractivity contribution in [3.8, 4) is 5.82 Å². The maximum Gasteiger partial charge on any atom is 0.267 e. The number of para-hydroxylation sites is 1. The van der Waals surface area contributed by atoms with Crippen molar-refractivity contribution in [2.24, 2.45) is 0 Å². The van der Waals surface area contributed by atoms with Crippen LogP contribution in [0.25, 0.3) is 16.7 Å². The Bertz CT molecular complexity index is 1270. The maximum atomic E-state index is 13.1. The van der Waals surface area contributed by atoms with Crippen LogP contribution in [0.4, 0.5) is 5.82 Å². The highest BCUT2D eigenvalue weighted by molar-refractivity contribution is 7.99. The van der Waals surface area contributed by atoms with Crippen LogP contribution in [0.15, 0.2) is 70.9 Å². The van der Waals surface area contributed by atoms with E-state index >= 15 is 0 Å². The van der Waals surface area contributed by atoms with Gasteiger partial charge in [0.1, 0.15) is 11.6 Å². The first-order chi connectivity index (χ1) is 14.5. The molecule has 0 aliphatic rings. The molecule has 9 heteroatoms. The smallest absolute Gasteiger partial charge is 0.267 e. The Morgan fingerprint density at radius 1 is 1.10 bits per heavy atom. The molecule has 0 bridgehead atoms. The molecule has 0 saturated carbocycles. The van der Waals surface area contributed by atoms with Crippen molar-refractivity contribution < 1.29 is 4.79 Å². The number of aromatic nitrogens is 4. The van der Waals surface area contributed by atoms with E-state index < -0.39 is 0 Å². The summed E-state index contributed by atoms with van der Waals surface area (Å²) in [5.74, 6) is 0.613. The van der Waals surface area contributed by atoms with Crippen LogP contribution in [0.3, 0.4) is 0 Å². The minimum Gasteiger partial charge on any atom is -0.310 e. The molecule has 0 radical (unpaired) electrons. The number of halogens is 1. The molecular weight excluding hydrogens is 422 g/mol. The van der Waals surface area contributed by atoms with Gasteiger partial charge in [-0.25, -0.2) is 19.5 Å². The second-order valence-corrected chi connectivity index (χ2v) is 7.82. The molecule has 0 spiro atoms. The van der Waals surface area contributed by atoms with Gasteiger partial charge in [-0.1, -0.05) is 41.6 Å². The average molecular weight is 438 g/mol. The monoisotopic (exact) mass is 437 g/mol. The van der Waals surface area contributed by atoms with Crippen LogP contribution in [-0.4, -0.2) is 31.2 Å². The van der Waals surface area contributed by atoms with Crippen LogP contribution >= 0.6 is 23.4 Å². The van der Waals surface area contributed by atoms with Gasteiger partial charge in [-0.2, -0.15) is 0 Å². The zero-order chi connectivity index (χ0) is 21.1. The number of carbonyl (C=O) groups excluding carboxylic acids is 1. The van der Waals surface area contributed by atoms with Crippen molar-refractivity contribution in [2.45, 2.75) is 12.1 Å². The van der Waals surface area contributed by atoms with Gasteiger partial charge in [0, 0.05) is 12.4 Å². The number of aryl methyl sites for hydroxylation is 1. The van der Waals surface area contributed by atoms with Crippen LogP contribution in [0, 0.1) is 6.92 Å². The van der Waals surface area contributed by atoms with Crippen LogP contribution in [0.2, 0.25) is 5.02 Å². The molecule has 7 nitrogen and oxygen atoms in total. The Morgan fingerprint density at radius 3 is 2.67 bits per heavy atom. The van der Waals surface area contributed by atoms with Gasteiger partial charge in [-0.05, 0) is 42.8 Å². The van der Waals surface area contributed by atoms with Crippen molar-refractivity contribution in [3.63, 3.8) is 0 Å². The molecule has 3 aromatic heterocycles. The summed E-state index contributed by atoms with van der Waals surface area (Å²) in [6, 6.07) is 14.0. The fraction of sp³-hybridized carbons (Fsp3) is 0.0952. The fourth-order valence-electron chi connectivity index (χ4n) is 2.76. The molecule has 4 aromatic rings. The number of benzene rings is 1. The van der Waals surface area contributed by atoms with Crippen LogP contribution in [0.5, 0.6) is 0 Å². The maximum absolute atomic E-state index is 13.1. The number of nitrogens with one attached hydrogen (secondary N) is 1. The Morgan fingerprint density at radius 2 is 1.93 bits per heavy atom. The number of amides is 1. The van der Waals surface area contributed by atoms with Gasteiger partial charge in [-0.15, -0.1) is 0 Å². The van der Waals surface area contributed by atoms with Gasteiger partial charge in [0.2, 0.25) is 5.91 Å². The number of carbonyl (C=O) groups is 1. The van der Waals surface area contributed by atoms with Gasteiger partial charge in [0.25, 0.3) is 5.56 Å². The van der Waals surface area contributed by atoms with Crippen molar-refractivity contribution in [1.82, 2.24) is 19.5 Å². The number of rotatable bonds is 5. The van der Waals surface area contributed by atoms with E-state index in [1.807, 2.05) is 19.1 Å². The molecule has 0 fully saturated rings. The summed E-state index contributed by atoms with van der Waals surface area (Å²) in [5.41, 5.74) is 1.30. The lowest BCUT2D eigenvalue weighted by Gasteiger charge is -2.12. The van der Waals surface area contributed by atoms with Gasteiger partial charge >= 0.3 is 0 Å². The molecule has 0 unspecified atom stereocenters. The number of pyridine rings is 2. The predicted octanol–water partition coefficient (Wildman–Crippen LogP) is 3.87. The Hall–Kier alpha value is -3.23. The van der Waals surface area contributed by atoms with E-state index in [4.69, 9.17) is 11.6 Å². The molecule has 3 heterocycles. The highest BCUT2D eigenvalue weighted by atomic mass is 35.5. The summed E-state index contributed by atoms with van der Waals surface area (Å²) in [6.07, 6.45) is 3.14. The van der Waals surface area contributed by atoms with Crippen LogP contribution in [-0.2, 0) is 4.79 Å². The molecule has 1 N–H and O–H groups in total. The average Bonchev–Trinajstić information content (AvgIpc) is 2.75. The lowest BCUT2D eigenvalue weighted by atomic mass is 10.2. The zero-order valence-corrected chi connectivity index (χ0v) is 17.4. The number of fused-ring (bicyclic) bond motifs is 1. The van der Waals surface area contributed by atoms with E-state index in [9.17, 15) is 9.59 Å². The standard InChI is InChI=1S/C21H16ClN5O2S/c1-13-6-9-18(24-10-13)27-20(29)15-4-2-3-5-16(15)25-21(27)30-12-19(28)26-17-8-7-14(22)11-23-17/h2-11H,12H2,1H3,(H,23,26,28). The van der Waals surface area contributed by atoms with E-state index in [0.717, 1.165) is 17.3 Å². The first kappa shape index (κ1) is 20.1. The van der Waals surface area contributed by atoms with E-state index in [2.05, 4.69) is 20.3 Å². The number of hydrogen-bond donors (Lipinski definition) is 1. The third kappa shape index (κ3) is 4.34. The Balaban J connectivity index is 1.66. The van der Waals surface area contributed by atoms with E-state index in [0.29, 0.717) is 32.7 Å². The summed E-state index contributed by atoms with van der Waals surface area (Å²) in [6.45, 7) is 1.92. The summed E-state index contributed by atoms with van der Waals surface area (Å²) < 4.78 is 1.43. The Kier molecular flexibility index (Phi) is 5.78. The number of hydrogen-bond acceptors (Lipinski definition) is 6. The number of thioether (sulfide) groups is 1. The summed E-state index contributed by atoms with van der Waals surface area (Å²) >= 11 is 6.96. The molecule has 150 valence electrons. The van der Waals surface area contributed by atoms with Crippen molar-refractivity contribution in [3.05, 3.63) is 81.9 Å². The molecule has 30 heavy (non-hydrogen) atoms. The van der Waals surface area contributed by atoms with Crippen molar-refractivity contribution in [2.75, 3.05) is 11.1 Å². The molecule has 0 aliphatic heterocycles. The molecule has 1 aromatic carbocycles. The first-order valence-electron chi connectivity index (χ1n) is 9.00. The predicted molar refractivity (Wildman–Crippen MR) is 118 cm³/mol. The molecule has 0 aliphatic carbocycles. The molecule has 0 atom stereocenters. The van der Waals surface area contributed by atoms with E-state index in [1.54, 1.807) is 42.6 Å². The van der Waals surface area contributed by atoms with Crippen LogP contribution < -0.4 is 10.9 Å². The second-order valence-electron chi connectivity index (χ2n) is 6.44. The van der Waals surface area contributed by atoms with E-state index in [1.165, 1.54) is 10.8 Å². The van der Waals surface area contributed by atoms with Gasteiger partial charge in [0.05, 0.1) is 21.7 Å². The fourth-order valence-corrected chi connectivity index (χ4v) is 3.67. The summed E-state index contributed by atoms with van der Waals surface area (Å²) in [7, 11) is 0. The first-order valence-corrected chi connectivity index (χ1v) is 10.4. The topological polar surface area (TPSA) is 89.8 Å². The third-order valence-corrected chi connectivity index (χ3v) is 5.36. The van der Waals surface area contributed by atoms with Crippen LogP contribution in [0.1, 0.15) is 5.56 Å².